The van der Waals surface area contributed by atoms with E-state index in [9.17, 15) is 13.2 Å². The molecule has 2 heterocycles. The molecule has 0 N–H and O–H groups in total. The molecule has 0 fully saturated rings. The first-order chi connectivity index (χ1) is 19.3. The van der Waals surface area contributed by atoms with Gasteiger partial charge in [0.05, 0.1) is 15.1 Å². The summed E-state index contributed by atoms with van der Waals surface area (Å²) < 4.78 is 40.5. The second kappa shape index (κ2) is 13.2. The number of fused-ring (bicyclic) bond motifs is 2. The molecular formula is C29H33ClN4O5S2. The molecule has 0 spiro atoms. The summed E-state index contributed by atoms with van der Waals surface area (Å²) in [4.78, 5) is 22.3. The zero-order valence-corrected chi connectivity index (χ0v) is 25.6. The monoisotopic (exact) mass is 616 g/mol. The number of anilines is 1. The molecule has 0 saturated heterocycles. The summed E-state index contributed by atoms with van der Waals surface area (Å²) in [5.41, 5.74) is 2.02. The van der Waals surface area contributed by atoms with Gasteiger partial charge in [0.1, 0.15) is 13.2 Å². The molecule has 0 unspecified atom stereocenters. The Morgan fingerprint density at radius 1 is 0.951 bits per heavy atom. The third kappa shape index (κ3) is 6.82. The zero-order chi connectivity index (χ0) is 28.3. The molecule has 1 aliphatic heterocycles. The first-order valence-electron chi connectivity index (χ1n) is 13.1. The Balaban J connectivity index is 0.00000387. The van der Waals surface area contributed by atoms with Crippen molar-refractivity contribution in [2.75, 3.05) is 51.8 Å². The zero-order valence-electron chi connectivity index (χ0n) is 23.1. The smallest absolute Gasteiger partial charge is 0.260 e. The highest BCUT2D eigenvalue weighted by Gasteiger charge is 2.26. The molecule has 0 bridgehead atoms. The Bertz CT molecular complexity index is 1550. The maximum absolute atomic E-state index is 13.7. The van der Waals surface area contributed by atoms with E-state index >= 15 is 0 Å². The summed E-state index contributed by atoms with van der Waals surface area (Å²) in [5.74, 6) is 1.07. The highest BCUT2D eigenvalue weighted by atomic mass is 35.5. The van der Waals surface area contributed by atoms with Crippen LogP contribution in [0.4, 0.5) is 5.13 Å². The highest BCUT2D eigenvalue weighted by molar-refractivity contribution is 7.89. The number of likely N-dealkylation sites (N-methyl/N-ethyl adjacent to an activating group) is 1. The minimum atomic E-state index is -3.74. The normalized spacial score (nSPS) is 12.9. The van der Waals surface area contributed by atoms with E-state index in [0.717, 1.165) is 15.8 Å². The van der Waals surface area contributed by atoms with E-state index in [1.807, 2.05) is 68.4 Å². The Kier molecular flexibility index (Phi) is 9.88. The molecule has 9 nitrogen and oxygen atoms in total. The maximum atomic E-state index is 13.7. The van der Waals surface area contributed by atoms with Crippen LogP contribution in [0.2, 0.25) is 0 Å². The third-order valence-electron chi connectivity index (χ3n) is 6.58. The summed E-state index contributed by atoms with van der Waals surface area (Å²) in [7, 11) is 0.142. The lowest BCUT2D eigenvalue weighted by atomic mass is 10.2. The number of sulfonamides is 1. The van der Waals surface area contributed by atoms with Crippen LogP contribution in [0.25, 0.3) is 10.2 Å². The van der Waals surface area contributed by atoms with Crippen molar-refractivity contribution in [2.24, 2.45) is 0 Å². The first kappa shape index (κ1) is 30.7. The number of hydrogen-bond acceptors (Lipinski definition) is 8. The molecule has 1 amide bonds. The van der Waals surface area contributed by atoms with Crippen molar-refractivity contribution >= 4 is 55.0 Å². The van der Waals surface area contributed by atoms with Crippen LogP contribution in [-0.4, -0.2) is 75.5 Å². The third-order valence-corrected chi connectivity index (χ3v) is 9.56. The average molecular weight is 617 g/mol. The van der Waals surface area contributed by atoms with Gasteiger partial charge >= 0.3 is 0 Å². The van der Waals surface area contributed by atoms with Crippen LogP contribution >= 0.6 is 23.7 Å². The number of nitrogens with zero attached hydrogens (tertiary/aromatic N) is 4. The lowest BCUT2D eigenvalue weighted by Gasteiger charge is -2.23. The Morgan fingerprint density at radius 3 is 2.24 bits per heavy atom. The van der Waals surface area contributed by atoms with Gasteiger partial charge in [0, 0.05) is 43.9 Å². The number of halogens is 1. The Hall–Kier alpha value is -3.22. The fourth-order valence-corrected chi connectivity index (χ4v) is 6.82. The SMILES string of the molecule is CCN(Cc1ccccc1)S(=O)(=O)c1ccc(C(=O)N(CCN(C)C)c2nc3cc4c(cc3s2)OCCO4)cc1.Cl. The van der Waals surface area contributed by atoms with Crippen molar-refractivity contribution in [3.05, 3.63) is 77.9 Å². The molecule has 0 aliphatic carbocycles. The van der Waals surface area contributed by atoms with E-state index in [4.69, 9.17) is 14.5 Å². The Labute approximate surface area is 250 Å². The maximum Gasteiger partial charge on any atom is 0.260 e. The first-order valence-corrected chi connectivity index (χ1v) is 15.3. The van der Waals surface area contributed by atoms with Crippen LogP contribution in [0.15, 0.2) is 71.6 Å². The summed E-state index contributed by atoms with van der Waals surface area (Å²) in [6, 6.07) is 19.4. The van der Waals surface area contributed by atoms with Gasteiger partial charge in [-0.3, -0.25) is 9.69 Å². The van der Waals surface area contributed by atoms with Crippen LogP contribution in [0, 0.1) is 0 Å². The molecule has 41 heavy (non-hydrogen) atoms. The molecule has 0 saturated carbocycles. The Morgan fingerprint density at radius 2 is 1.61 bits per heavy atom. The van der Waals surface area contributed by atoms with E-state index in [2.05, 4.69) is 0 Å². The van der Waals surface area contributed by atoms with Crippen LogP contribution in [0.3, 0.4) is 0 Å². The quantitative estimate of drug-likeness (QED) is 0.250. The van der Waals surface area contributed by atoms with Crippen molar-refractivity contribution in [1.82, 2.24) is 14.2 Å². The number of hydrogen-bond donors (Lipinski definition) is 0. The van der Waals surface area contributed by atoms with Crippen LogP contribution in [-0.2, 0) is 16.6 Å². The van der Waals surface area contributed by atoms with Crippen LogP contribution in [0.5, 0.6) is 11.5 Å². The summed E-state index contributed by atoms with van der Waals surface area (Å²) in [6.45, 7) is 4.43. The minimum Gasteiger partial charge on any atom is -0.486 e. The second-order valence-electron chi connectivity index (χ2n) is 9.66. The van der Waals surface area contributed by atoms with Crippen molar-refractivity contribution in [1.29, 1.82) is 0 Å². The molecule has 0 atom stereocenters. The van der Waals surface area contributed by atoms with Gasteiger partial charge < -0.3 is 14.4 Å². The van der Waals surface area contributed by atoms with E-state index in [1.165, 1.54) is 27.8 Å². The highest BCUT2D eigenvalue weighted by Crippen LogP contribution is 2.39. The van der Waals surface area contributed by atoms with Crippen molar-refractivity contribution in [2.45, 2.75) is 18.4 Å². The number of thiazole rings is 1. The second-order valence-corrected chi connectivity index (χ2v) is 12.6. The lowest BCUT2D eigenvalue weighted by molar-refractivity contribution is 0.0985. The van der Waals surface area contributed by atoms with E-state index in [0.29, 0.717) is 55.0 Å². The molecule has 1 aromatic heterocycles. The number of aromatic nitrogens is 1. The molecule has 5 rings (SSSR count). The topological polar surface area (TPSA) is 92.3 Å². The summed E-state index contributed by atoms with van der Waals surface area (Å²) in [6.07, 6.45) is 0. The van der Waals surface area contributed by atoms with E-state index < -0.39 is 10.0 Å². The van der Waals surface area contributed by atoms with Crippen LogP contribution in [0.1, 0.15) is 22.8 Å². The van der Waals surface area contributed by atoms with Gasteiger partial charge in [0.25, 0.3) is 5.91 Å². The number of carbonyl (C=O) groups is 1. The van der Waals surface area contributed by atoms with E-state index in [-0.39, 0.29) is 29.8 Å². The van der Waals surface area contributed by atoms with Crippen molar-refractivity contribution < 1.29 is 22.7 Å². The predicted octanol–water partition coefficient (Wildman–Crippen LogP) is 4.91. The van der Waals surface area contributed by atoms with Gasteiger partial charge in [-0.2, -0.15) is 4.31 Å². The van der Waals surface area contributed by atoms with Gasteiger partial charge in [0.2, 0.25) is 10.0 Å². The molecule has 4 aromatic rings. The summed E-state index contributed by atoms with van der Waals surface area (Å²) >= 11 is 1.41. The largest absolute Gasteiger partial charge is 0.486 e. The molecule has 0 radical (unpaired) electrons. The molecular weight excluding hydrogens is 584 g/mol. The number of rotatable bonds is 10. The van der Waals surface area contributed by atoms with Gasteiger partial charge in [-0.15, -0.1) is 12.4 Å². The van der Waals surface area contributed by atoms with E-state index in [1.54, 1.807) is 17.0 Å². The van der Waals surface area contributed by atoms with Crippen molar-refractivity contribution in [3.63, 3.8) is 0 Å². The standard InChI is InChI=1S/C29H32N4O5S2.ClH/c1-4-32(20-21-8-6-5-7-9-21)40(35,36)23-12-10-22(11-13-23)28(34)33(15-14-31(2)3)29-30-24-18-25-26(19-27(24)39-29)38-17-16-37-25;/h5-13,18-19H,4,14-17,20H2,1-3H3;1H. The number of amides is 1. The number of carbonyl (C=O) groups excluding carboxylic acids is 1. The predicted molar refractivity (Wildman–Crippen MR) is 164 cm³/mol. The average Bonchev–Trinajstić information content (AvgIpc) is 3.37. The van der Waals surface area contributed by atoms with Gasteiger partial charge in [-0.25, -0.2) is 13.4 Å². The van der Waals surface area contributed by atoms with Gasteiger partial charge in [-0.1, -0.05) is 48.6 Å². The fraction of sp³-hybridized carbons (Fsp3) is 0.310. The summed E-state index contributed by atoms with van der Waals surface area (Å²) in [5, 5.41) is 0.556. The van der Waals surface area contributed by atoms with Gasteiger partial charge in [0.15, 0.2) is 16.6 Å². The molecule has 12 heteroatoms. The van der Waals surface area contributed by atoms with Crippen LogP contribution < -0.4 is 14.4 Å². The fourth-order valence-electron chi connectivity index (χ4n) is 4.38. The number of ether oxygens (including phenoxy) is 2. The minimum absolute atomic E-state index is 0. The van der Waals surface area contributed by atoms with Gasteiger partial charge in [-0.05, 0) is 43.9 Å². The molecule has 3 aromatic carbocycles. The number of benzene rings is 3. The molecule has 1 aliphatic rings. The molecule has 218 valence electrons. The van der Waals surface area contributed by atoms with Crippen molar-refractivity contribution in [3.8, 4) is 11.5 Å². The lowest BCUT2D eigenvalue weighted by Crippen LogP contribution is -2.36.